The minimum absolute atomic E-state index is 0.776. The lowest BCUT2D eigenvalue weighted by atomic mass is 9.97. The highest BCUT2D eigenvalue weighted by Crippen LogP contribution is 2.28. The second-order valence-electron chi connectivity index (χ2n) is 4.42. The highest BCUT2D eigenvalue weighted by atomic mass is 79.9. The van der Waals surface area contributed by atoms with Gasteiger partial charge in [-0.05, 0) is 72.4 Å². The van der Waals surface area contributed by atoms with Crippen molar-refractivity contribution in [3.05, 3.63) is 27.1 Å². The van der Waals surface area contributed by atoms with Gasteiger partial charge >= 0.3 is 0 Å². The number of hydrogen-bond donors (Lipinski definition) is 1. The van der Waals surface area contributed by atoms with Crippen molar-refractivity contribution >= 4 is 31.9 Å². The predicted octanol–water partition coefficient (Wildman–Crippen LogP) is 3.98. The first-order chi connectivity index (χ1) is 8.25. The summed E-state index contributed by atoms with van der Waals surface area (Å²) in [7, 11) is 0. The quantitative estimate of drug-likeness (QED) is 0.874. The Morgan fingerprint density at radius 2 is 2.24 bits per heavy atom. The van der Waals surface area contributed by atoms with E-state index in [2.05, 4.69) is 37.2 Å². The van der Waals surface area contributed by atoms with Crippen LogP contribution in [0.4, 0.5) is 0 Å². The minimum atomic E-state index is 0.776. The average Bonchev–Trinajstić information content (AvgIpc) is 2.33. The molecule has 0 spiro atoms. The lowest BCUT2D eigenvalue weighted by Crippen LogP contribution is -2.30. The van der Waals surface area contributed by atoms with E-state index in [0.29, 0.717) is 0 Å². The Morgan fingerprint density at radius 1 is 1.35 bits per heavy atom. The van der Waals surface area contributed by atoms with Crippen molar-refractivity contribution in [1.29, 1.82) is 0 Å². The van der Waals surface area contributed by atoms with E-state index in [4.69, 9.17) is 4.74 Å². The molecule has 1 atom stereocenters. The molecular weight excluding hydrogens is 346 g/mol. The predicted molar refractivity (Wildman–Crippen MR) is 77.5 cm³/mol. The molecule has 1 heterocycles. The van der Waals surface area contributed by atoms with Gasteiger partial charge in [-0.3, -0.25) is 0 Å². The molecule has 2 nitrogen and oxygen atoms in total. The molecule has 0 aromatic heterocycles. The maximum absolute atomic E-state index is 5.80. The number of halogens is 2. The zero-order chi connectivity index (χ0) is 12.1. The van der Waals surface area contributed by atoms with E-state index in [1.807, 2.05) is 18.2 Å². The van der Waals surface area contributed by atoms with Crippen LogP contribution >= 0.6 is 31.9 Å². The van der Waals surface area contributed by atoms with Crippen LogP contribution in [0.2, 0.25) is 0 Å². The Hall–Kier alpha value is -0.0600. The molecule has 1 N–H and O–H groups in total. The van der Waals surface area contributed by atoms with E-state index in [9.17, 15) is 0 Å². The molecule has 0 saturated carbocycles. The molecule has 17 heavy (non-hydrogen) atoms. The van der Waals surface area contributed by atoms with E-state index in [1.165, 1.54) is 19.4 Å². The van der Waals surface area contributed by atoms with Gasteiger partial charge in [0.25, 0.3) is 0 Å². The number of benzene rings is 1. The largest absolute Gasteiger partial charge is 0.492 e. The third-order valence-corrected chi connectivity index (χ3v) is 4.19. The maximum atomic E-state index is 5.80. The van der Waals surface area contributed by atoms with Crippen LogP contribution in [0.3, 0.4) is 0 Å². The summed E-state index contributed by atoms with van der Waals surface area (Å²) in [5.74, 6) is 1.70. The van der Waals surface area contributed by atoms with Crippen molar-refractivity contribution in [2.75, 3.05) is 19.7 Å². The zero-order valence-corrected chi connectivity index (χ0v) is 12.9. The maximum Gasteiger partial charge on any atom is 0.133 e. The summed E-state index contributed by atoms with van der Waals surface area (Å²) >= 11 is 6.94. The highest BCUT2D eigenvalue weighted by molar-refractivity contribution is 9.11. The summed E-state index contributed by atoms with van der Waals surface area (Å²) in [6, 6.07) is 6.01. The molecule has 0 amide bonds. The first-order valence-corrected chi connectivity index (χ1v) is 7.63. The van der Waals surface area contributed by atoms with E-state index >= 15 is 0 Å². The SMILES string of the molecule is Brc1ccc(OCC[C@H]2CCCNC2)c(Br)c1. The summed E-state index contributed by atoms with van der Waals surface area (Å²) in [5, 5.41) is 3.43. The first kappa shape index (κ1) is 13.4. The standard InChI is InChI=1S/C13H17Br2NO/c14-11-3-4-13(12(15)8-11)17-7-5-10-2-1-6-16-9-10/h3-4,8,10,16H,1-2,5-7,9H2/t10-/m1/s1. The smallest absolute Gasteiger partial charge is 0.133 e. The Bertz CT molecular complexity index is 364. The number of piperidine rings is 1. The monoisotopic (exact) mass is 361 g/mol. The fourth-order valence-electron chi connectivity index (χ4n) is 2.10. The molecule has 2 rings (SSSR count). The van der Waals surface area contributed by atoms with Gasteiger partial charge in [-0.2, -0.15) is 0 Å². The van der Waals surface area contributed by atoms with Gasteiger partial charge in [0.1, 0.15) is 5.75 Å². The van der Waals surface area contributed by atoms with Crippen LogP contribution in [0.15, 0.2) is 27.1 Å². The highest BCUT2D eigenvalue weighted by Gasteiger charge is 2.12. The second kappa shape index (κ2) is 6.76. The molecule has 94 valence electrons. The lowest BCUT2D eigenvalue weighted by Gasteiger charge is -2.22. The van der Waals surface area contributed by atoms with Gasteiger partial charge in [-0.25, -0.2) is 0 Å². The second-order valence-corrected chi connectivity index (χ2v) is 6.19. The molecule has 1 aromatic rings. The van der Waals surface area contributed by atoms with Gasteiger partial charge in [0.2, 0.25) is 0 Å². The molecule has 1 fully saturated rings. The van der Waals surface area contributed by atoms with Crippen molar-refractivity contribution in [3.8, 4) is 5.75 Å². The Morgan fingerprint density at radius 3 is 2.94 bits per heavy atom. The van der Waals surface area contributed by atoms with Crippen LogP contribution in [-0.4, -0.2) is 19.7 Å². The summed E-state index contributed by atoms with van der Waals surface area (Å²) in [4.78, 5) is 0. The van der Waals surface area contributed by atoms with Gasteiger partial charge in [0.05, 0.1) is 11.1 Å². The molecule has 0 bridgehead atoms. The summed E-state index contributed by atoms with van der Waals surface area (Å²) in [5.41, 5.74) is 0. The van der Waals surface area contributed by atoms with E-state index in [0.717, 1.165) is 40.2 Å². The number of ether oxygens (including phenoxy) is 1. The zero-order valence-electron chi connectivity index (χ0n) is 9.72. The molecule has 4 heteroatoms. The van der Waals surface area contributed by atoms with E-state index in [1.54, 1.807) is 0 Å². The van der Waals surface area contributed by atoms with Crippen LogP contribution < -0.4 is 10.1 Å². The van der Waals surface area contributed by atoms with Crippen LogP contribution in [-0.2, 0) is 0 Å². The van der Waals surface area contributed by atoms with Crippen LogP contribution in [0.5, 0.6) is 5.75 Å². The van der Waals surface area contributed by atoms with Gasteiger partial charge in [0.15, 0.2) is 0 Å². The van der Waals surface area contributed by atoms with E-state index in [-0.39, 0.29) is 0 Å². The van der Waals surface area contributed by atoms with E-state index < -0.39 is 0 Å². The van der Waals surface area contributed by atoms with Crippen molar-refractivity contribution in [1.82, 2.24) is 5.32 Å². The molecule has 0 aliphatic carbocycles. The van der Waals surface area contributed by atoms with Gasteiger partial charge in [-0.1, -0.05) is 15.9 Å². The minimum Gasteiger partial charge on any atom is -0.492 e. The number of nitrogens with one attached hydrogen (secondary N) is 1. The van der Waals surface area contributed by atoms with Crippen molar-refractivity contribution < 1.29 is 4.74 Å². The van der Waals surface area contributed by atoms with Crippen LogP contribution in [0.25, 0.3) is 0 Å². The molecule has 1 aromatic carbocycles. The third kappa shape index (κ3) is 4.27. The Kier molecular flexibility index (Phi) is 5.32. The van der Waals surface area contributed by atoms with Gasteiger partial charge in [0, 0.05) is 4.47 Å². The van der Waals surface area contributed by atoms with Crippen molar-refractivity contribution in [2.45, 2.75) is 19.3 Å². The Labute approximate surface area is 119 Å². The summed E-state index contributed by atoms with van der Waals surface area (Å²) < 4.78 is 7.87. The normalized spacial score (nSPS) is 20.2. The number of rotatable bonds is 4. The molecule has 0 unspecified atom stereocenters. The summed E-state index contributed by atoms with van der Waals surface area (Å²) in [6.07, 6.45) is 3.76. The van der Waals surface area contributed by atoms with Crippen LogP contribution in [0, 0.1) is 5.92 Å². The first-order valence-electron chi connectivity index (χ1n) is 6.04. The summed E-state index contributed by atoms with van der Waals surface area (Å²) in [6.45, 7) is 3.12. The van der Waals surface area contributed by atoms with Gasteiger partial charge in [-0.15, -0.1) is 0 Å². The lowest BCUT2D eigenvalue weighted by molar-refractivity contribution is 0.253. The Balaban J connectivity index is 1.77. The molecule has 1 aliphatic rings. The molecule has 0 radical (unpaired) electrons. The fourth-order valence-corrected chi connectivity index (χ4v) is 3.26. The topological polar surface area (TPSA) is 21.3 Å². The molecule has 1 aliphatic heterocycles. The van der Waals surface area contributed by atoms with Crippen molar-refractivity contribution in [3.63, 3.8) is 0 Å². The van der Waals surface area contributed by atoms with Crippen molar-refractivity contribution in [2.24, 2.45) is 5.92 Å². The van der Waals surface area contributed by atoms with Crippen LogP contribution in [0.1, 0.15) is 19.3 Å². The molecule has 1 saturated heterocycles. The number of hydrogen-bond acceptors (Lipinski definition) is 2. The van der Waals surface area contributed by atoms with Gasteiger partial charge < -0.3 is 10.1 Å². The molecular formula is C13H17Br2NO. The average molecular weight is 363 g/mol. The third-order valence-electron chi connectivity index (χ3n) is 3.08. The fraction of sp³-hybridized carbons (Fsp3) is 0.538.